The van der Waals surface area contributed by atoms with E-state index in [4.69, 9.17) is 4.74 Å². The van der Waals surface area contributed by atoms with Crippen LogP contribution in [0.3, 0.4) is 0 Å². The highest BCUT2D eigenvalue weighted by Gasteiger charge is 2.21. The Morgan fingerprint density at radius 1 is 1.32 bits per heavy atom. The molecule has 144 valence electrons. The highest BCUT2D eigenvalue weighted by molar-refractivity contribution is 14.0. The van der Waals surface area contributed by atoms with Crippen LogP contribution >= 0.6 is 35.3 Å². The summed E-state index contributed by atoms with van der Waals surface area (Å²) in [6.45, 7) is 11.0. The van der Waals surface area contributed by atoms with E-state index in [1.165, 1.54) is 4.88 Å². The molecule has 0 aliphatic heterocycles. The lowest BCUT2D eigenvalue weighted by Crippen LogP contribution is -2.50. The number of carbonyl (C=O) groups is 1. The fraction of sp³-hybridized carbons (Fsp3) is 0.647. The summed E-state index contributed by atoms with van der Waals surface area (Å²) in [5, 5.41) is 11.5. The maximum atomic E-state index is 12.0. The van der Waals surface area contributed by atoms with Crippen LogP contribution in [0.2, 0.25) is 0 Å². The molecule has 1 atom stereocenters. The summed E-state index contributed by atoms with van der Waals surface area (Å²) < 4.78 is 5.33. The number of hydrogen-bond acceptors (Lipinski definition) is 4. The molecule has 0 bridgehead atoms. The minimum absolute atomic E-state index is 0. The molecule has 1 aromatic heterocycles. The molecule has 0 radical (unpaired) electrons. The van der Waals surface area contributed by atoms with E-state index in [0.29, 0.717) is 12.5 Å². The Hall–Kier alpha value is -1.03. The summed E-state index contributed by atoms with van der Waals surface area (Å²) >= 11 is 1.70. The molecular weight excluding hydrogens is 451 g/mol. The van der Waals surface area contributed by atoms with Gasteiger partial charge in [0.1, 0.15) is 5.60 Å². The van der Waals surface area contributed by atoms with Crippen molar-refractivity contribution < 1.29 is 9.53 Å². The van der Waals surface area contributed by atoms with Crippen molar-refractivity contribution in [3.8, 4) is 0 Å². The molecule has 6 nitrogen and oxygen atoms in total. The highest BCUT2D eigenvalue weighted by atomic mass is 127. The zero-order valence-corrected chi connectivity index (χ0v) is 19.0. The van der Waals surface area contributed by atoms with Crippen LogP contribution < -0.4 is 16.0 Å². The van der Waals surface area contributed by atoms with Crippen molar-refractivity contribution >= 4 is 47.4 Å². The number of aliphatic imine (C=N–C) groups is 1. The second-order valence-corrected chi connectivity index (χ2v) is 7.92. The van der Waals surface area contributed by atoms with Gasteiger partial charge in [-0.05, 0) is 38.1 Å². The smallest absolute Gasteiger partial charge is 0.407 e. The van der Waals surface area contributed by atoms with Gasteiger partial charge in [0.05, 0.1) is 12.6 Å². The second-order valence-electron chi connectivity index (χ2n) is 6.88. The Labute approximate surface area is 172 Å². The Balaban J connectivity index is 0.00000576. The van der Waals surface area contributed by atoms with Crippen molar-refractivity contribution in [3.63, 3.8) is 0 Å². The lowest BCUT2D eigenvalue weighted by molar-refractivity contribution is 0.0491. The average Bonchev–Trinajstić information content (AvgIpc) is 2.97. The Morgan fingerprint density at radius 3 is 2.48 bits per heavy atom. The normalized spacial score (nSPS) is 13.0. The largest absolute Gasteiger partial charge is 0.444 e. The van der Waals surface area contributed by atoms with Crippen LogP contribution in [0.5, 0.6) is 0 Å². The molecule has 0 aliphatic rings. The third kappa shape index (κ3) is 10.5. The Bertz CT molecular complexity index is 527. The Morgan fingerprint density at radius 2 is 2.00 bits per heavy atom. The molecule has 8 heteroatoms. The van der Waals surface area contributed by atoms with Gasteiger partial charge < -0.3 is 20.7 Å². The fourth-order valence-electron chi connectivity index (χ4n) is 1.92. The number of nitrogens with one attached hydrogen (secondary N) is 3. The number of alkyl carbamates (subject to hydrolysis) is 1. The van der Waals surface area contributed by atoms with Crippen LogP contribution in [0.25, 0.3) is 0 Å². The first kappa shape index (κ1) is 24.0. The Kier molecular flexibility index (Phi) is 11.1. The average molecular weight is 482 g/mol. The van der Waals surface area contributed by atoms with Crippen LogP contribution in [0, 0.1) is 5.92 Å². The SMILES string of the molecule is CN=C(NCc1cccs1)NCC(NC(=O)OC(C)(C)C)C(C)C.I. The number of guanidine groups is 1. The summed E-state index contributed by atoms with van der Waals surface area (Å²) in [6.07, 6.45) is -0.399. The summed E-state index contributed by atoms with van der Waals surface area (Å²) in [6, 6.07) is 4.05. The zero-order chi connectivity index (χ0) is 18.2. The van der Waals surface area contributed by atoms with Gasteiger partial charge in [-0.3, -0.25) is 4.99 Å². The monoisotopic (exact) mass is 482 g/mol. The van der Waals surface area contributed by atoms with Crippen LogP contribution in [0.1, 0.15) is 39.5 Å². The minimum Gasteiger partial charge on any atom is -0.444 e. The van der Waals surface area contributed by atoms with Gasteiger partial charge in [-0.2, -0.15) is 0 Å². The van der Waals surface area contributed by atoms with Crippen molar-refractivity contribution in [2.75, 3.05) is 13.6 Å². The van der Waals surface area contributed by atoms with Crippen LogP contribution in [0.15, 0.2) is 22.5 Å². The molecule has 0 fully saturated rings. The van der Waals surface area contributed by atoms with Gasteiger partial charge in [-0.15, -0.1) is 35.3 Å². The summed E-state index contributed by atoms with van der Waals surface area (Å²) in [4.78, 5) is 17.4. The number of carbonyl (C=O) groups excluding carboxylic acids is 1. The van der Waals surface area contributed by atoms with Gasteiger partial charge in [0, 0.05) is 18.5 Å². The molecule has 0 spiro atoms. The number of amides is 1. The van der Waals surface area contributed by atoms with Crippen molar-refractivity contribution in [1.29, 1.82) is 0 Å². The van der Waals surface area contributed by atoms with E-state index in [-0.39, 0.29) is 35.9 Å². The summed E-state index contributed by atoms with van der Waals surface area (Å²) in [5.74, 6) is 0.973. The van der Waals surface area contributed by atoms with E-state index in [1.807, 2.05) is 32.2 Å². The maximum absolute atomic E-state index is 12.0. The topological polar surface area (TPSA) is 74.8 Å². The fourth-order valence-corrected chi connectivity index (χ4v) is 2.57. The standard InChI is InChI=1S/C17H30N4O2S.HI/c1-12(2)14(21-16(22)23-17(3,4)5)11-20-15(18-6)19-10-13-8-7-9-24-13;/h7-9,12,14H,10-11H2,1-6H3,(H,21,22)(H2,18,19,20);1H. The quantitative estimate of drug-likeness (QED) is 0.329. The second kappa shape index (κ2) is 11.6. The molecule has 0 saturated heterocycles. The van der Waals surface area contributed by atoms with Crippen LogP contribution in [-0.2, 0) is 11.3 Å². The minimum atomic E-state index is -0.503. The third-order valence-electron chi connectivity index (χ3n) is 3.23. The number of thiophene rings is 1. The van der Waals surface area contributed by atoms with Gasteiger partial charge >= 0.3 is 6.09 Å². The van der Waals surface area contributed by atoms with E-state index >= 15 is 0 Å². The number of rotatable bonds is 6. The summed E-state index contributed by atoms with van der Waals surface area (Å²) in [7, 11) is 1.73. The number of hydrogen-bond donors (Lipinski definition) is 3. The third-order valence-corrected chi connectivity index (χ3v) is 4.11. The van der Waals surface area contributed by atoms with Crippen molar-refractivity contribution in [3.05, 3.63) is 22.4 Å². The number of halogens is 1. The maximum Gasteiger partial charge on any atom is 0.407 e. The number of nitrogens with zero attached hydrogens (tertiary/aromatic N) is 1. The lowest BCUT2D eigenvalue weighted by Gasteiger charge is -2.26. The highest BCUT2D eigenvalue weighted by Crippen LogP contribution is 2.09. The summed E-state index contributed by atoms with van der Waals surface area (Å²) in [5.41, 5.74) is -0.503. The van der Waals surface area contributed by atoms with Gasteiger partial charge in [-0.1, -0.05) is 19.9 Å². The van der Waals surface area contributed by atoms with E-state index in [1.54, 1.807) is 18.4 Å². The molecule has 0 aliphatic carbocycles. The van der Waals surface area contributed by atoms with E-state index in [9.17, 15) is 4.79 Å². The molecule has 3 N–H and O–H groups in total. The molecular formula is C17H31IN4O2S. The molecule has 1 aromatic rings. The molecule has 1 heterocycles. The number of ether oxygens (including phenoxy) is 1. The molecule has 1 amide bonds. The van der Waals surface area contributed by atoms with Crippen LogP contribution in [0.4, 0.5) is 4.79 Å². The molecule has 25 heavy (non-hydrogen) atoms. The first-order chi connectivity index (χ1) is 11.2. The van der Waals surface area contributed by atoms with E-state index in [0.717, 1.165) is 6.54 Å². The van der Waals surface area contributed by atoms with Crippen molar-refractivity contribution in [2.24, 2.45) is 10.9 Å². The first-order valence-electron chi connectivity index (χ1n) is 8.17. The molecule has 0 saturated carbocycles. The molecule has 1 rings (SSSR count). The van der Waals surface area contributed by atoms with Gasteiger partial charge in [-0.25, -0.2) is 4.79 Å². The van der Waals surface area contributed by atoms with Crippen molar-refractivity contribution in [2.45, 2.75) is 52.8 Å². The van der Waals surface area contributed by atoms with E-state index in [2.05, 4.69) is 40.9 Å². The van der Waals surface area contributed by atoms with E-state index < -0.39 is 11.7 Å². The zero-order valence-electron chi connectivity index (χ0n) is 15.9. The van der Waals surface area contributed by atoms with Gasteiger partial charge in [0.25, 0.3) is 0 Å². The molecule has 1 unspecified atom stereocenters. The predicted molar refractivity (Wildman–Crippen MR) is 116 cm³/mol. The van der Waals surface area contributed by atoms with Crippen molar-refractivity contribution in [1.82, 2.24) is 16.0 Å². The van der Waals surface area contributed by atoms with Gasteiger partial charge in [0.15, 0.2) is 5.96 Å². The molecule has 0 aromatic carbocycles. The van der Waals surface area contributed by atoms with Crippen LogP contribution in [-0.4, -0.2) is 37.3 Å². The van der Waals surface area contributed by atoms with Gasteiger partial charge in [0.2, 0.25) is 0 Å². The first-order valence-corrected chi connectivity index (χ1v) is 9.05. The lowest BCUT2D eigenvalue weighted by atomic mass is 10.0. The predicted octanol–water partition coefficient (Wildman–Crippen LogP) is 3.58.